The molecule has 0 spiro atoms. The lowest BCUT2D eigenvalue weighted by molar-refractivity contribution is 0.253. The number of rotatable bonds is 3. The first-order valence-electron chi connectivity index (χ1n) is 8.65. The second-order valence-corrected chi connectivity index (χ2v) is 8.33. The molecule has 3 aromatic rings. The summed E-state index contributed by atoms with van der Waals surface area (Å²) in [5, 5.41) is 0. The second-order valence-electron chi connectivity index (χ2n) is 6.57. The van der Waals surface area contributed by atoms with Gasteiger partial charge in [-0.1, -0.05) is 36.4 Å². The number of nitrogens with zero attached hydrogens (tertiary/aromatic N) is 2. The number of benzene rings is 3. The molecule has 1 aliphatic rings. The minimum absolute atomic E-state index is 0.0539. The SMILES string of the molecule is Cc1cccc(N2C(=O)N(Cc3ccc(F)cc3)c3ccccc3S2(=O)=O)c1. The number of fused-ring (bicyclic) bond motifs is 1. The van der Waals surface area contributed by atoms with Gasteiger partial charge < -0.3 is 0 Å². The van der Waals surface area contributed by atoms with Gasteiger partial charge in [0.2, 0.25) is 0 Å². The van der Waals surface area contributed by atoms with Crippen molar-refractivity contribution in [3.05, 3.63) is 89.7 Å². The zero-order valence-electron chi connectivity index (χ0n) is 15.0. The van der Waals surface area contributed by atoms with Gasteiger partial charge in [-0.3, -0.25) is 4.90 Å². The van der Waals surface area contributed by atoms with E-state index in [4.69, 9.17) is 0 Å². The Labute approximate surface area is 162 Å². The summed E-state index contributed by atoms with van der Waals surface area (Å²) in [5.41, 5.74) is 2.11. The summed E-state index contributed by atoms with van der Waals surface area (Å²) in [7, 11) is -4.05. The van der Waals surface area contributed by atoms with E-state index in [0.29, 0.717) is 11.3 Å². The third-order valence-corrected chi connectivity index (χ3v) is 6.32. The van der Waals surface area contributed by atoms with Gasteiger partial charge in [-0.25, -0.2) is 17.6 Å². The molecule has 0 aromatic heterocycles. The predicted octanol–water partition coefficient (Wildman–Crippen LogP) is 4.47. The molecule has 0 saturated heterocycles. The van der Waals surface area contributed by atoms with Gasteiger partial charge in [0.25, 0.3) is 10.0 Å². The zero-order chi connectivity index (χ0) is 19.9. The number of para-hydroxylation sites is 1. The van der Waals surface area contributed by atoms with E-state index in [9.17, 15) is 17.6 Å². The first-order chi connectivity index (χ1) is 13.4. The van der Waals surface area contributed by atoms with Gasteiger partial charge in [-0.05, 0) is 54.4 Å². The highest BCUT2D eigenvalue weighted by atomic mass is 32.2. The predicted molar refractivity (Wildman–Crippen MR) is 105 cm³/mol. The molecule has 0 aliphatic carbocycles. The van der Waals surface area contributed by atoms with Crippen LogP contribution in [0.1, 0.15) is 11.1 Å². The van der Waals surface area contributed by atoms with Crippen LogP contribution in [0.25, 0.3) is 0 Å². The molecule has 1 heterocycles. The molecule has 0 radical (unpaired) electrons. The fourth-order valence-corrected chi connectivity index (χ4v) is 4.83. The maximum atomic E-state index is 13.3. The molecule has 1 aliphatic heterocycles. The van der Waals surface area contributed by atoms with Crippen LogP contribution in [-0.2, 0) is 16.6 Å². The Kier molecular flexibility index (Phi) is 4.39. The number of carbonyl (C=O) groups is 1. The molecule has 0 bridgehead atoms. The number of anilines is 2. The van der Waals surface area contributed by atoms with E-state index < -0.39 is 16.1 Å². The van der Waals surface area contributed by atoms with Crippen LogP contribution in [0.15, 0.2) is 77.7 Å². The van der Waals surface area contributed by atoms with Crippen LogP contribution in [0.4, 0.5) is 20.6 Å². The van der Waals surface area contributed by atoms with Crippen molar-refractivity contribution in [1.29, 1.82) is 0 Å². The number of sulfonamides is 1. The Morgan fingerprint density at radius 3 is 2.36 bits per heavy atom. The Hall–Kier alpha value is -3.19. The molecule has 0 unspecified atom stereocenters. The van der Waals surface area contributed by atoms with Crippen LogP contribution in [0.3, 0.4) is 0 Å². The van der Waals surface area contributed by atoms with Crippen molar-refractivity contribution in [3.63, 3.8) is 0 Å². The quantitative estimate of drug-likeness (QED) is 0.656. The molecule has 0 saturated carbocycles. The summed E-state index contributed by atoms with van der Waals surface area (Å²) in [6.07, 6.45) is 0. The average Bonchev–Trinajstić information content (AvgIpc) is 2.67. The number of hydrogen-bond acceptors (Lipinski definition) is 3. The molecule has 142 valence electrons. The standard InChI is InChI=1S/C21H17FN2O3S/c1-15-5-4-6-18(13-15)24-21(25)23(14-16-9-11-17(22)12-10-16)19-7-2-3-8-20(19)28(24,26)27/h2-13H,14H2,1H3. The molecule has 2 amide bonds. The van der Waals surface area contributed by atoms with Crippen LogP contribution in [0.5, 0.6) is 0 Å². The van der Waals surface area contributed by atoms with Crippen molar-refractivity contribution >= 4 is 27.4 Å². The third-order valence-electron chi connectivity index (χ3n) is 4.57. The van der Waals surface area contributed by atoms with E-state index in [1.165, 1.54) is 23.1 Å². The minimum atomic E-state index is -4.05. The summed E-state index contributed by atoms with van der Waals surface area (Å²) in [4.78, 5) is 14.7. The number of aryl methyl sites for hydroxylation is 1. The Balaban J connectivity index is 1.86. The van der Waals surface area contributed by atoms with Gasteiger partial charge in [0, 0.05) is 0 Å². The molecule has 4 rings (SSSR count). The van der Waals surface area contributed by atoms with Crippen LogP contribution in [0.2, 0.25) is 0 Å². The summed E-state index contributed by atoms with van der Waals surface area (Å²) in [6, 6.07) is 18.3. The van der Waals surface area contributed by atoms with E-state index in [-0.39, 0.29) is 22.9 Å². The number of amides is 2. The van der Waals surface area contributed by atoms with E-state index in [2.05, 4.69) is 0 Å². The van der Waals surface area contributed by atoms with E-state index in [1.54, 1.807) is 48.5 Å². The van der Waals surface area contributed by atoms with Gasteiger partial charge in [0.05, 0.1) is 17.9 Å². The van der Waals surface area contributed by atoms with Crippen molar-refractivity contribution < 1.29 is 17.6 Å². The highest BCUT2D eigenvalue weighted by molar-refractivity contribution is 7.94. The number of halogens is 1. The molecule has 0 atom stereocenters. The van der Waals surface area contributed by atoms with Crippen molar-refractivity contribution in [2.75, 3.05) is 9.21 Å². The minimum Gasteiger partial charge on any atom is -0.287 e. The fraction of sp³-hybridized carbons (Fsp3) is 0.0952. The highest BCUT2D eigenvalue weighted by Gasteiger charge is 2.42. The van der Waals surface area contributed by atoms with E-state index in [0.717, 1.165) is 9.87 Å². The molecule has 0 fully saturated rings. The smallest absolute Gasteiger partial charge is 0.287 e. The van der Waals surface area contributed by atoms with Crippen molar-refractivity contribution in [2.24, 2.45) is 0 Å². The lowest BCUT2D eigenvalue weighted by Crippen LogP contribution is -2.50. The molecule has 0 N–H and O–H groups in total. The average molecular weight is 396 g/mol. The Morgan fingerprint density at radius 2 is 1.64 bits per heavy atom. The highest BCUT2D eigenvalue weighted by Crippen LogP contribution is 2.38. The van der Waals surface area contributed by atoms with E-state index >= 15 is 0 Å². The summed E-state index contributed by atoms with van der Waals surface area (Å²) < 4.78 is 40.5. The number of urea groups is 1. The van der Waals surface area contributed by atoms with Crippen molar-refractivity contribution in [1.82, 2.24) is 0 Å². The third kappa shape index (κ3) is 3.03. The fourth-order valence-electron chi connectivity index (χ4n) is 3.24. The summed E-state index contributed by atoms with van der Waals surface area (Å²) in [6.45, 7) is 1.95. The van der Waals surface area contributed by atoms with Gasteiger partial charge in [0.15, 0.2) is 0 Å². The topological polar surface area (TPSA) is 57.7 Å². The van der Waals surface area contributed by atoms with Crippen molar-refractivity contribution in [2.45, 2.75) is 18.4 Å². The van der Waals surface area contributed by atoms with E-state index in [1.807, 2.05) is 13.0 Å². The summed E-state index contributed by atoms with van der Waals surface area (Å²) >= 11 is 0. The zero-order valence-corrected chi connectivity index (χ0v) is 15.9. The maximum absolute atomic E-state index is 13.3. The maximum Gasteiger partial charge on any atom is 0.343 e. The van der Waals surface area contributed by atoms with Gasteiger partial charge in [0.1, 0.15) is 10.7 Å². The largest absolute Gasteiger partial charge is 0.343 e. The van der Waals surface area contributed by atoms with Crippen LogP contribution >= 0.6 is 0 Å². The lowest BCUT2D eigenvalue weighted by Gasteiger charge is -2.36. The lowest BCUT2D eigenvalue weighted by atomic mass is 10.2. The van der Waals surface area contributed by atoms with Gasteiger partial charge in [-0.2, -0.15) is 4.31 Å². The van der Waals surface area contributed by atoms with Crippen molar-refractivity contribution in [3.8, 4) is 0 Å². The normalized spacial score (nSPS) is 15.4. The van der Waals surface area contributed by atoms with Gasteiger partial charge >= 0.3 is 6.03 Å². The Morgan fingerprint density at radius 1 is 0.929 bits per heavy atom. The Bertz CT molecular complexity index is 1160. The molecule has 5 nitrogen and oxygen atoms in total. The first-order valence-corrected chi connectivity index (χ1v) is 10.1. The molecule has 7 heteroatoms. The monoisotopic (exact) mass is 396 g/mol. The molecular weight excluding hydrogens is 379 g/mol. The molecule has 3 aromatic carbocycles. The molecule has 28 heavy (non-hydrogen) atoms. The number of hydrogen-bond donors (Lipinski definition) is 0. The van der Waals surface area contributed by atoms with Crippen LogP contribution in [-0.4, -0.2) is 14.4 Å². The van der Waals surface area contributed by atoms with Gasteiger partial charge in [-0.15, -0.1) is 0 Å². The summed E-state index contributed by atoms with van der Waals surface area (Å²) in [5.74, 6) is -0.377. The molecular formula is C21H17FN2O3S. The number of carbonyl (C=O) groups excluding carboxylic acids is 1. The first kappa shape index (κ1) is 18.2. The van der Waals surface area contributed by atoms with Crippen LogP contribution in [0, 0.1) is 12.7 Å². The second kappa shape index (κ2) is 6.76. The van der Waals surface area contributed by atoms with Crippen LogP contribution < -0.4 is 9.21 Å².